The SMILES string of the molecule is NC[C@H]1CCC[C@H]1C(=O)NCCOc1ncc(Cl)cc1Cl. The van der Waals surface area contributed by atoms with E-state index in [1.165, 1.54) is 6.20 Å². The van der Waals surface area contributed by atoms with Gasteiger partial charge >= 0.3 is 0 Å². The lowest BCUT2D eigenvalue weighted by Crippen LogP contribution is -2.37. The molecule has 1 aliphatic carbocycles. The summed E-state index contributed by atoms with van der Waals surface area (Å²) in [5.74, 6) is 0.711. The van der Waals surface area contributed by atoms with Gasteiger partial charge in [0.05, 0.1) is 11.6 Å². The van der Waals surface area contributed by atoms with E-state index in [-0.39, 0.29) is 11.8 Å². The van der Waals surface area contributed by atoms with Crippen LogP contribution in [-0.4, -0.2) is 30.6 Å². The zero-order valence-electron chi connectivity index (χ0n) is 11.6. The second-order valence-electron chi connectivity index (χ2n) is 5.11. The van der Waals surface area contributed by atoms with Crippen LogP contribution < -0.4 is 15.8 Å². The smallest absolute Gasteiger partial charge is 0.232 e. The Balaban J connectivity index is 1.73. The molecule has 2 rings (SSSR count). The van der Waals surface area contributed by atoms with Gasteiger partial charge in [-0.05, 0) is 31.4 Å². The molecule has 0 unspecified atom stereocenters. The topological polar surface area (TPSA) is 77.2 Å². The average Bonchev–Trinajstić information content (AvgIpc) is 2.93. The highest BCUT2D eigenvalue weighted by atomic mass is 35.5. The fourth-order valence-corrected chi connectivity index (χ4v) is 3.06. The van der Waals surface area contributed by atoms with Crippen LogP contribution in [0.5, 0.6) is 5.88 Å². The number of amides is 1. The first-order chi connectivity index (χ1) is 10.1. The van der Waals surface area contributed by atoms with Crippen LogP contribution in [0.1, 0.15) is 19.3 Å². The van der Waals surface area contributed by atoms with Crippen molar-refractivity contribution in [2.24, 2.45) is 17.6 Å². The zero-order valence-corrected chi connectivity index (χ0v) is 13.2. The molecule has 1 amide bonds. The minimum Gasteiger partial charge on any atom is -0.475 e. The maximum Gasteiger partial charge on any atom is 0.232 e. The lowest BCUT2D eigenvalue weighted by Gasteiger charge is -2.17. The fourth-order valence-electron chi connectivity index (χ4n) is 2.63. The number of carbonyl (C=O) groups excluding carboxylic acids is 1. The molecule has 7 heteroatoms. The van der Waals surface area contributed by atoms with Gasteiger partial charge in [0.25, 0.3) is 0 Å². The molecular formula is C14H19Cl2N3O2. The Morgan fingerprint density at radius 3 is 3.00 bits per heavy atom. The molecule has 0 bridgehead atoms. The molecule has 3 N–H and O–H groups in total. The molecule has 1 heterocycles. The molecule has 2 atom stereocenters. The van der Waals surface area contributed by atoms with Crippen LogP contribution in [0, 0.1) is 11.8 Å². The van der Waals surface area contributed by atoms with Gasteiger partial charge in [-0.3, -0.25) is 4.79 Å². The highest BCUT2D eigenvalue weighted by molar-refractivity contribution is 6.35. The van der Waals surface area contributed by atoms with Crippen molar-refractivity contribution in [3.8, 4) is 5.88 Å². The molecule has 21 heavy (non-hydrogen) atoms. The number of nitrogens with one attached hydrogen (secondary N) is 1. The Labute approximate surface area is 134 Å². The number of rotatable bonds is 6. The highest BCUT2D eigenvalue weighted by Gasteiger charge is 2.31. The summed E-state index contributed by atoms with van der Waals surface area (Å²) in [6.45, 7) is 1.28. The molecule has 1 aromatic heterocycles. The van der Waals surface area contributed by atoms with Gasteiger partial charge in [0, 0.05) is 12.1 Å². The fraction of sp³-hybridized carbons (Fsp3) is 0.571. The maximum absolute atomic E-state index is 12.1. The first-order valence-corrected chi connectivity index (χ1v) is 7.79. The van der Waals surface area contributed by atoms with Crippen LogP contribution in [0.4, 0.5) is 0 Å². The van der Waals surface area contributed by atoms with Gasteiger partial charge in [0.1, 0.15) is 11.6 Å². The monoisotopic (exact) mass is 331 g/mol. The van der Waals surface area contributed by atoms with E-state index >= 15 is 0 Å². The number of aromatic nitrogens is 1. The second-order valence-corrected chi connectivity index (χ2v) is 5.96. The van der Waals surface area contributed by atoms with E-state index in [0.717, 1.165) is 19.3 Å². The number of ether oxygens (including phenoxy) is 1. The van der Waals surface area contributed by atoms with Crippen molar-refractivity contribution in [3.63, 3.8) is 0 Å². The quantitative estimate of drug-likeness (QED) is 0.784. The van der Waals surface area contributed by atoms with Crippen molar-refractivity contribution in [2.45, 2.75) is 19.3 Å². The van der Waals surface area contributed by atoms with Gasteiger partial charge in [-0.1, -0.05) is 29.6 Å². The third-order valence-electron chi connectivity index (χ3n) is 3.71. The molecule has 1 fully saturated rings. The predicted molar refractivity (Wildman–Crippen MR) is 82.6 cm³/mol. The number of pyridine rings is 1. The standard InChI is InChI=1S/C14H19Cl2N3O2/c15-10-6-12(16)14(19-8-10)21-5-4-18-13(20)11-3-1-2-9(11)7-17/h6,8-9,11H,1-5,7,17H2,(H,18,20)/t9-,11-/m1/s1. The first-order valence-electron chi connectivity index (χ1n) is 7.03. The van der Waals surface area contributed by atoms with Gasteiger partial charge in [-0.25, -0.2) is 4.98 Å². The summed E-state index contributed by atoms with van der Waals surface area (Å²) in [5.41, 5.74) is 5.68. The summed E-state index contributed by atoms with van der Waals surface area (Å²) >= 11 is 11.7. The van der Waals surface area contributed by atoms with E-state index in [0.29, 0.717) is 41.5 Å². The van der Waals surface area contributed by atoms with E-state index in [4.69, 9.17) is 33.7 Å². The minimum absolute atomic E-state index is 0.0345. The van der Waals surface area contributed by atoms with Crippen LogP contribution in [0.2, 0.25) is 10.0 Å². The van der Waals surface area contributed by atoms with Crippen LogP contribution in [0.15, 0.2) is 12.3 Å². The van der Waals surface area contributed by atoms with Gasteiger partial charge < -0.3 is 15.8 Å². The van der Waals surface area contributed by atoms with Gasteiger partial charge in [0.2, 0.25) is 11.8 Å². The largest absolute Gasteiger partial charge is 0.475 e. The lowest BCUT2D eigenvalue weighted by atomic mass is 9.95. The third-order valence-corrected chi connectivity index (χ3v) is 4.19. The van der Waals surface area contributed by atoms with Gasteiger partial charge in [0.15, 0.2) is 0 Å². The summed E-state index contributed by atoms with van der Waals surface area (Å²) in [6.07, 6.45) is 4.49. The Morgan fingerprint density at radius 1 is 1.48 bits per heavy atom. The van der Waals surface area contributed by atoms with Crippen molar-refractivity contribution >= 4 is 29.1 Å². The van der Waals surface area contributed by atoms with Crippen LogP contribution in [0.3, 0.4) is 0 Å². The van der Waals surface area contributed by atoms with Crippen LogP contribution >= 0.6 is 23.2 Å². The van der Waals surface area contributed by atoms with E-state index in [2.05, 4.69) is 10.3 Å². The van der Waals surface area contributed by atoms with E-state index in [1.807, 2.05) is 0 Å². The normalized spacial score (nSPS) is 21.3. The minimum atomic E-state index is 0.0345. The first kappa shape index (κ1) is 16.3. The molecule has 0 spiro atoms. The van der Waals surface area contributed by atoms with E-state index < -0.39 is 0 Å². The summed E-state index contributed by atoms with van der Waals surface area (Å²) in [4.78, 5) is 16.0. The van der Waals surface area contributed by atoms with E-state index in [1.54, 1.807) is 6.07 Å². The number of hydrogen-bond acceptors (Lipinski definition) is 4. The van der Waals surface area contributed by atoms with E-state index in [9.17, 15) is 4.79 Å². The lowest BCUT2D eigenvalue weighted by molar-refractivity contribution is -0.126. The maximum atomic E-state index is 12.1. The Bertz CT molecular complexity index is 499. The summed E-state index contributed by atoms with van der Waals surface area (Å²) in [5, 5.41) is 3.68. The number of nitrogens with two attached hydrogens (primary N) is 1. The van der Waals surface area contributed by atoms with Crippen molar-refractivity contribution in [1.29, 1.82) is 0 Å². The summed E-state index contributed by atoms with van der Waals surface area (Å²) in [6, 6.07) is 1.56. The van der Waals surface area contributed by atoms with Crippen molar-refractivity contribution in [2.75, 3.05) is 19.7 Å². The molecule has 1 aromatic rings. The molecule has 0 aliphatic heterocycles. The third kappa shape index (κ3) is 4.46. The Morgan fingerprint density at radius 2 is 2.29 bits per heavy atom. The number of hydrogen-bond donors (Lipinski definition) is 2. The molecule has 1 saturated carbocycles. The predicted octanol–water partition coefficient (Wildman–Crippen LogP) is 2.26. The van der Waals surface area contributed by atoms with Crippen LogP contribution in [0.25, 0.3) is 0 Å². The summed E-state index contributed by atoms with van der Waals surface area (Å²) in [7, 11) is 0. The zero-order chi connectivity index (χ0) is 15.2. The molecule has 0 aromatic carbocycles. The molecule has 0 saturated heterocycles. The molecular weight excluding hydrogens is 313 g/mol. The van der Waals surface area contributed by atoms with Crippen molar-refractivity contribution in [3.05, 3.63) is 22.3 Å². The Hall–Kier alpha value is -1.04. The molecule has 5 nitrogen and oxygen atoms in total. The van der Waals surface area contributed by atoms with Crippen LogP contribution in [-0.2, 0) is 4.79 Å². The molecule has 116 valence electrons. The van der Waals surface area contributed by atoms with Crippen molar-refractivity contribution in [1.82, 2.24) is 10.3 Å². The molecule has 1 aliphatic rings. The number of nitrogens with zero attached hydrogens (tertiary/aromatic N) is 1. The Kier molecular flexibility index (Phi) is 6.08. The van der Waals surface area contributed by atoms with Gasteiger partial charge in [-0.2, -0.15) is 0 Å². The average molecular weight is 332 g/mol. The highest BCUT2D eigenvalue weighted by Crippen LogP contribution is 2.30. The van der Waals surface area contributed by atoms with Gasteiger partial charge in [-0.15, -0.1) is 0 Å². The van der Waals surface area contributed by atoms with Crippen molar-refractivity contribution < 1.29 is 9.53 Å². The molecule has 0 radical (unpaired) electrons. The summed E-state index contributed by atoms with van der Waals surface area (Å²) < 4.78 is 5.42. The second kappa shape index (κ2) is 7.82. The number of halogens is 2. The number of carbonyl (C=O) groups is 1.